The van der Waals surface area contributed by atoms with Crippen LogP contribution in [-0.4, -0.2) is 29.7 Å². The number of nitrogens with one attached hydrogen (secondary N) is 1. The summed E-state index contributed by atoms with van der Waals surface area (Å²) >= 11 is 0. The molecule has 0 aromatic carbocycles. The Hall–Kier alpha value is -0.870. The van der Waals surface area contributed by atoms with Crippen molar-refractivity contribution < 1.29 is 4.52 Å². The van der Waals surface area contributed by atoms with Crippen LogP contribution in [-0.2, 0) is 13.1 Å². The van der Waals surface area contributed by atoms with Crippen LogP contribution in [0.3, 0.4) is 0 Å². The van der Waals surface area contributed by atoms with Crippen LogP contribution < -0.4 is 5.32 Å². The highest BCUT2D eigenvalue weighted by molar-refractivity contribution is 5.05. The third-order valence-corrected chi connectivity index (χ3v) is 3.02. The predicted molar refractivity (Wildman–Crippen MR) is 58.4 cm³/mol. The highest BCUT2D eigenvalue weighted by Crippen LogP contribution is 2.19. The highest BCUT2D eigenvalue weighted by atomic mass is 16.5. The molecule has 0 radical (unpaired) electrons. The number of hydrogen-bond donors (Lipinski definition) is 1. The van der Waals surface area contributed by atoms with Crippen LogP contribution in [0.1, 0.15) is 31.2 Å². The smallest absolute Gasteiger partial charge is 0.151 e. The summed E-state index contributed by atoms with van der Waals surface area (Å²) in [7, 11) is 1.91. The summed E-state index contributed by atoms with van der Waals surface area (Å²) in [6, 6.07) is 2.73. The van der Waals surface area contributed by atoms with Crippen molar-refractivity contribution in [3.05, 3.63) is 17.5 Å². The number of hydrogen-bond acceptors (Lipinski definition) is 4. The van der Waals surface area contributed by atoms with Crippen molar-refractivity contribution in [1.29, 1.82) is 0 Å². The Balaban J connectivity index is 1.92. The Bertz CT molecular complexity index is 311. The Labute approximate surface area is 90.6 Å². The summed E-state index contributed by atoms with van der Waals surface area (Å²) in [6.07, 6.45) is 2.61. The van der Waals surface area contributed by atoms with Gasteiger partial charge in [0.15, 0.2) is 5.76 Å². The van der Waals surface area contributed by atoms with Gasteiger partial charge >= 0.3 is 0 Å². The fourth-order valence-corrected chi connectivity index (χ4v) is 2.12. The van der Waals surface area contributed by atoms with Gasteiger partial charge in [-0.25, -0.2) is 0 Å². The summed E-state index contributed by atoms with van der Waals surface area (Å²) in [5, 5.41) is 7.07. The lowest BCUT2D eigenvalue weighted by Gasteiger charge is -2.18. The molecule has 1 saturated heterocycles. The maximum Gasteiger partial charge on any atom is 0.151 e. The average molecular weight is 209 g/mol. The number of nitrogens with zero attached hydrogens (tertiary/aromatic N) is 2. The quantitative estimate of drug-likeness (QED) is 0.813. The standard InChI is InChI=1S/C11H19N3O/c1-9-4-3-5-14(9)8-11-6-10(7-12-2)13-15-11/h6,9,12H,3-5,7-8H2,1-2H3. The second-order valence-corrected chi connectivity index (χ2v) is 4.28. The SMILES string of the molecule is CNCc1cc(CN2CCCC2C)on1. The minimum absolute atomic E-state index is 0.683. The van der Waals surface area contributed by atoms with Gasteiger partial charge in [0, 0.05) is 18.7 Å². The van der Waals surface area contributed by atoms with Crippen molar-refractivity contribution in [2.75, 3.05) is 13.6 Å². The van der Waals surface area contributed by atoms with Gasteiger partial charge in [-0.15, -0.1) is 0 Å². The average Bonchev–Trinajstić information content (AvgIpc) is 2.79. The van der Waals surface area contributed by atoms with E-state index >= 15 is 0 Å². The van der Waals surface area contributed by atoms with E-state index in [1.54, 1.807) is 0 Å². The maximum atomic E-state index is 5.30. The Kier molecular flexibility index (Phi) is 3.38. The van der Waals surface area contributed by atoms with E-state index in [-0.39, 0.29) is 0 Å². The zero-order valence-electron chi connectivity index (χ0n) is 9.49. The molecule has 1 fully saturated rings. The molecule has 1 atom stereocenters. The molecule has 4 heteroatoms. The minimum atomic E-state index is 0.683. The third-order valence-electron chi connectivity index (χ3n) is 3.02. The first-order valence-electron chi connectivity index (χ1n) is 5.62. The second-order valence-electron chi connectivity index (χ2n) is 4.28. The molecule has 4 nitrogen and oxygen atoms in total. The number of rotatable bonds is 4. The summed E-state index contributed by atoms with van der Waals surface area (Å²) in [6.45, 7) is 5.14. The number of aromatic nitrogens is 1. The molecule has 1 aliphatic rings. The van der Waals surface area contributed by atoms with Gasteiger partial charge in [-0.3, -0.25) is 4.90 Å². The Morgan fingerprint density at radius 2 is 2.53 bits per heavy atom. The first kappa shape index (κ1) is 10.6. The predicted octanol–water partition coefficient (Wildman–Crippen LogP) is 1.38. The Morgan fingerprint density at radius 3 is 3.20 bits per heavy atom. The van der Waals surface area contributed by atoms with E-state index in [1.165, 1.54) is 19.4 Å². The van der Waals surface area contributed by atoms with E-state index in [9.17, 15) is 0 Å². The molecule has 1 unspecified atom stereocenters. The monoisotopic (exact) mass is 209 g/mol. The summed E-state index contributed by atoms with van der Waals surface area (Å²) < 4.78 is 5.30. The molecule has 2 rings (SSSR count). The Morgan fingerprint density at radius 1 is 1.67 bits per heavy atom. The van der Waals surface area contributed by atoms with Gasteiger partial charge in [0.1, 0.15) is 0 Å². The third kappa shape index (κ3) is 2.58. The molecular weight excluding hydrogens is 190 g/mol. The molecule has 0 spiro atoms. The van der Waals surface area contributed by atoms with Crippen molar-refractivity contribution in [2.45, 2.75) is 38.9 Å². The van der Waals surface area contributed by atoms with E-state index in [4.69, 9.17) is 4.52 Å². The van der Waals surface area contributed by atoms with Gasteiger partial charge in [0.25, 0.3) is 0 Å². The van der Waals surface area contributed by atoms with Crippen LogP contribution in [0, 0.1) is 0 Å². The van der Waals surface area contributed by atoms with Gasteiger partial charge in [0.05, 0.1) is 12.2 Å². The molecule has 15 heavy (non-hydrogen) atoms. The van der Waals surface area contributed by atoms with Crippen LogP contribution in [0.2, 0.25) is 0 Å². The summed E-state index contributed by atoms with van der Waals surface area (Å²) in [5.74, 6) is 0.981. The van der Waals surface area contributed by atoms with Crippen molar-refractivity contribution in [3.63, 3.8) is 0 Å². The van der Waals surface area contributed by atoms with E-state index in [1.807, 2.05) is 13.1 Å². The van der Waals surface area contributed by atoms with Crippen LogP contribution >= 0.6 is 0 Å². The summed E-state index contributed by atoms with van der Waals surface area (Å²) in [5.41, 5.74) is 0.986. The van der Waals surface area contributed by atoms with Crippen LogP contribution in [0.15, 0.2) is 10.6 Å². The van der Waals surface area contributed by atoms with Crippen molar-refractivity contribution in [1.82, 2.24) is 15.4 Å². The largest absolute Gasteiger partial charge is 0.360 e. The van der Waals surface area contributed by atoms with E-state index in [0.717, 1.165) is 24.5 Å². The fourth-order valence-electron chi connectivity index (χ4n) is 2.12. The molecule has 0 bridgehead atoms. The lowest BCUT2D eigenvalue weighted by molar-refractivity contribution is 0.225. The zero-order chi connectivity index (χ0) is 10.7. The second kappa shape index (κ2) is 4.77. The molecule has 0 saturated carbocycles. The van der Waals surface area contributed by atoms with Crippen LogP contribution in [0.5, 0.6) is 0 Å². The highest BCUT2D eigenvalue weighted by Gasteiger charge is 2.21. The van der Waals surface area contributed by atoms with Crippen molar-refractivity contribution in [3.8, 4) is 0 Å². The first-order valence-corrected chi connectivity index (χ1v) is 5.62. The molecule has 1 N–H and O–H groups in total. The van der Waals surface area contributed by atoms with E-state index in [0.29, 0.717) is 6.04 Å². The van der Waals surface area contributed by atoms with Gasteiger partial charge in [-0.2, -0.15) is 0 Å². The van der Waals surface area contributed by atoms with Crippen LogP contribution in [0.25, 0.3) is 0 Å². The molecular formula is C11H19N3O. The van der Waals surface area contributed by atoms with E-state index in [2.05, 4.69) is 22.3 Å². The molecule has 1 aliphatic heterocycles. The molecule has 0 amide bonds. The number of likely N-dealkylation sites (tertiary alicyclic amines) is 1. The first-order chi connectivity index (χ1) is 7.29. The van der Waals surface area contributed by atoms with Gasteiger partial charge < -0.3 is 9.84 Å². The van der Waals surface area contributed by atoms with Gasteiger partial charge in [-0.05, 0) is 33.4 Å². The van der Waals surface area contributed by atoms with Crippen molar-refractivity contribution >= 4 is 0 Å². The lowest BCUT2D eigenvalue weighted by atomic mass is 10.2. The van der Waals surface area contributed by atoms with Crippen molar-refractivity contribution in [2.24, 2.45) is 0 Å². The molecule has 0 aliphatic carbocycles. The van der Waals surface area contributed by atoms with Gasteiger partial charge in [0.2, 0.25) is 0 Å². The minimum Gasteiger partial charge on any atom is -0.360 e. The molecule has 1 aromatic rings. The normalized spacial score (nSPS) is 22.4. The fraction of sp³-hybridized carbons (Fsp3) is 0.727. The molecule has 2 heterocycles. The van der Waals surface area contributed by atoms with Gasteiger partial charge in [-0.1, -0.05) is 5.16 Å². The molecule has 1 aromatic heterocycles. The van der Waals surface area contributed by atoms with E-state index < -0.39 is 0 Å². The lowest BCUT2D eigenvalue weighted by Crippen LogP contribution is -2.25. The van der Waals surface area contributed by atoms with Crippen LogP contribution in [0.4, 0.5) is 0 Å². The molecule has 84 valence electrons. The maximum absolute atomic E-state index is 5.30. The zero-order valence-corrected chi connectivity index (χ0v) is 9.49. The summed E-state index contributed by atoms with van der Waals surface area (Å²) in [4.78, 5) is 2.45. The topological polar surface area (TPSA) is 41.3 Å².